The maximum Gasteiger partial charge on any atom is 0.323 e. The van der Waals surface area contributed by atoms with Crippen molar-refractivity contribution in [2.45, 2.75) is 20.8 Å². The lowest BCUT2D eigenvalue weighted by Crippen LogP contribution is -2.21. The van der Waals surface area contributed by atoms with E-state index >= 15 is 0 Å². The van der Waals surface area contributed by atoms with E-state index in [9.17, 15) is 9.18 Å². The molecule has 2 rings (SSSR count). The average Bonchev–Trinajstić information content (AvgIpc) is 2.46. The fraction of sp³-hybridized carbons (Fsp3) is 0.267. The number of carbonyl (C=O) groups is 1. The maximum absolute atomic E-state index is 12.8. The highest BCUT2D eigenvalue weighted by Gasteiger charge is 2.12. The number of aromatic nitrogens is 2. The normalized spacial score (nSPS) is 10.2. The standard InChI is InChI=1S/C15H17FN4O2/c1-4-22-15-17-9(2)13(10(3)18-15)20-14(21)19-12-7-5-11(16)6-8-12/h5-8H,4H2,1-3H3,(H2,19,20,21). The van der Waals surface area contributed by atoms with Gasteiger partial charge in [0.25, 0.3) is 0 Å². The van der Waals surface area contributed by atoms with Crippen LogP contribution in [-0.2, 0) is 0 Å². The number of hydrogen-bond acceptors (Lipinski definition) is 4. The number of aryl methyl sites for hydroxylation is 2. The molecule has 1 heterocycles. The van der Waals surface area contributed by atoms with Gasteiger partial charge in [-0.15, -0.1) is 0 Å². The summed E-state index contributed by atoms with van der Waals surface area (Å²) in [5.74, 6) is -0.363. The van der Waals surface area contributed by atoms with Gasteiger partial charge in [-0.25, -0.2) is 9.18 Å². The summed E-state index contributed by atoms with van der Waals surface area (Å²) in [6, 6.07) is 5.32. The second-order valence-corrected chi connectivity index (χ2v) is 4.57. The molecular formula is C15H17FN4O2. The number of benzene rings is 1. The van der Waals surface area contributed by atoms with Gasteiger partial charge in [0.1, 0.15) is 5.82 Å². The topological polar surface area (TPSA) is 76.1 Å². The minimum Gasteiger partial charge on any atom is -0.464 e. The molecule has 0 fully saturated rings. The number of rotatable bonds is 4. The number of amides is 2. The molecule has 2 N–H and O–H groups in total. The van der Waals surface area contributed by atoms with Crippen molar-refractivity contribution in [3.8, 4) is 6.01 Å². The van der Waals surface area contributed by atoms with Gasteiger partial charge in [-0.05, 0) is 45.0 Å². The molecule has 0 saturated heterocycles. The Bertz CT molecular complexity index is 651. The van der Waals surface area contributed by atoms with Crippen LogP contribution in [0.2, 0.25) is 0 Å². The number of anilines is 2. The Morgan fingerprint density at radius 3 is 2.27 bits per heavy atom. The van der Waals surface area contributed by atoms with Crippen molar-refractivity contribution in [2.75, 3.05) is 17.2 Å². The van der Waals surface area contributed by atoms with E-state index in [0.29, 0.717) is 29.4 Å². The van der Waals surface area contributed by atoms with E-state index in [2.05, 4.69) is 20.6 Å². The highest BCUT2D eigenvalue weighted by Crippen LogP contribution is 2.20. The molecule has 0 aliphatic carbocycles. The van der Waals surface area contributed by atoms with Gasteiger partial charge in [0, 0.05) is 5.69 Å². The van der Waals surface area contributed by atoms with Crippen LogP contribution in [0.5, 0.6) is 6.01 Å². The number of carbonyl (C=O) groups excluding carboxylic acids is 1. The summed E-state index contributed by atoms with van der Waals surface area (Å²) in [4.78, 5) is 20.3. The van der Waals surface area contributed by atoms with E-state index in [-0.39, 0.29) is 11.8 Å². The lowest BCUT2D eigenvalue weighted by molar-refractivity contribution is 0.262. The summed E-state index contributed by atoms with van der Waals surface area (Å²) >= 11 is 0. The summed E-state index contributed by atoms with van der Waals surface area (Å²) < 4.78 is 18.1. The monoisotopic (exact) mass is 304 g/mol. The van der Waals surface area contributed by atoms with Crippen LogP contribution in [0.15, 0.2) is 24.3 Å². The average molecular weight is 304 g/mol. The highest BCUT2D eigenvalue weighted by molar-refractivity contribution is 6.00. The first kappa shape index (κ1) is 15.7. The molecule has 1 aromatic heterocycles. The Morgan fingerprint density at radius 2 is 1.73 bits per heavy atom. The van der Waals surface area contributed by atoms with Gasteiger partial charge in [-0.2, -0.15) is 9.97 Å². The molecule has 0 unspecified atom stereocenters. The fourth-order valence-electron chi connectivity index (χ4n) is 1.87. The Kier molecular flexibility index (Phi) is 4.88. The molecule has 0 atom stereocenters. The molecular weight excluding hydrogens is 287 g/mol. The Hall–Kier alpha value is -2.70. The first-order valence-electron chi connectivity index (χ1n) is 6.81. The maximum atomic E-state index is 12.8. The zero-order chi connectivity index (χ0) is 16.1. The lowest BCUT2D eigenvalue weighted by Gasteiger charge is -2.12. The van der Waals surface area contributed by atoms with E-state index in [1.54, 1.807) is 13.8 Å². The quantitative estimate of drug-likeness (QED) is 0.909. The van der Waals surface area contributed by atoms with Gasteiger partial charge >= 0.3 is 12.0 Å². The molecule has 0 spiro atoms. The smallest absolute Gasteiger partial charge is 0.323 e. The summed E-state index contributed by atoms with van der Waals surface area (Å²) in [6.45, 7) is 5.82. The molecule has 2 aromatic rings. The molecule has 7 heteroatoms. The Morgan fingerprint density at radius 1 is 1.14 bits per heavy atom. The number of hydrogen-bond donors (Lipinski definition) is 2. The second-order valence-electron chi connectivity index (χ2n) is 4.57. The van der Waals surface area contributed by atoms with Crippen LogP contribution in [0.1, 0.15) is 18.3 Å². The molecule has 0 bridgehead atoms. The van der Waals surface area contributed by atoms with Gasteiger partial charge in [0.2, 0.25) is 0 Å². The van der Waals surface area contributed by atoms with Crippen molar-refractivity contribution in [1.82, 2.24) is 9.97 Å². The second kappa shape index (κ2) is 6.84. The molecule has 22 heavy (non-hydrogen) atoms. The van der Waals surface area contributed by atoms with Crippen LogP contribution in [0.25, 0.3) is 0 Å². The molecule has 6 nitrogen and oxygen atoms in total. The van der Waals surface area contributed by atoms with Crippen LogP contribution < -0.4 is 15.4 Å². The van der Waals surface area contributed by atoms with Gasteiger partial charge < -0.3 is 15.4 Å². The van der Waals surface area contributed by atoms with Crippen molar-refractivity contribution in [3.05, 3.63) is 41.5 Å². The van der Waals surface area contributed by atoms with E-state index in [1.165, 1.54) is 24.3 Å². The molecule has 0 aliphatic rings. The van der Waals surface area contributed by atoms with Crippen LogP contribution >= 0.6 is 0 Å². The van der Waals surface area contributed by atoms with Crippen molar-refractivity contribution in [1.29, 1.82) is 0 Å². The largest absolute Gasteiger partial charge is 0.464 e. The van der Waals surface area contributed by atoms with Crippen LogP contribution in [0.3, 0.4) is 0 Å². The van der Waals surface area contributed by atoms with Gasteiger partial charge in [0.05, 0.1) is 23.7 Å². The summed E-state index contributed by atoms with van der Waals surface area (Å²) in [6.07, 6.45) is 0. The van der Waals surface area contributed by atoms with Gasteiger partial charge in [-0.3, -0.25) is 0 Å². The first-order valence-corrected chi connectivity index (χ1v) is 6.81. The van der Waals surface area contributed by atoms with Crippen molar-refractivity contribution in [3.63, 3.8) is 0 Å². The third-order valence-corrected chi connectivity index (χ3v) is 2.86. The number of nitrogens with one attached hydrogen (secondary N) is 2. The van der Waals surface area contributed by atoms with Crippen LogP contribution in [0.4, 0.5) is 20.6 Å². The van der Waals surface area contributed by atoms with Crippen molar-refractivity contribution in [2.24, 2.45) is 0 Å². The van der Waals surface area contributed by atoms with Gasteiger partial charge in [0.15, 0.2) is 0 Å². The van der Waals surface area contributed by atoms with Crippen molar-refractivity contribution < 1.29 is 13.9 Å². The first-order chi connectivity index (χ1) is 10.5. The SMILES string of the molecule is CCOc1nc(C)c(NC(=O)Nc2ccc(F)cc2)c(C)n1. The summed E-state index contributed by atoms with van der Waals surface area (Å²) in [7, 11) is 0. The molecule has 0 aliphatic heterocycles. The Balaban J connectivity index is 2.09. The number of halogens is 1. The molecule has 0 saturated carbocycles. The zero-order valence-electron chi connectivity index (χ0n) is 12.6. The number of ether oxygens (including phenoxy) is 1. The van der Waals surface area contributed by atoms with Crippen molar-refractivity contribution >= 4 is 17.4 Å². The number of urea groups is 1. The van der Waals surface area contributed by atoms with E-state index in [1.807, 2.05) is 6.92 Å². The van der Waals surface area contributed by atoms with E-state index < -0.39 is 6.03 Å². The van der Waals surface area contributed by atoms with Crippen LogP contribution in [0, 0.1) is 19.7 Å². The molecule has 0 radical (unpaired) electrons. The van der Waals surface area contributed by atoms with E-state index in [4.69, 9.17) is 4.74 Å². The summed E-state index contributed by atoms with van der Waals surface area (Å²) in [5, 5.41) is 5.29. The van der Waals surface area contributed by atoms with Crippen LogP contribution in [-0.4, -0.2) is 22.6 Å². The predicted molar refractivity (Wildman–Crippen MR) is 81.7 cm³/mol. The predicted octanol–water partition coefficient (Wildman–Crippen LogP) is 3.28. The highest BCUT2D eigenvalue weighted by atomic mass is 19.1. The minimum absolute atomic E-state index is 0.280. The zero-order valence-corrected chi connectivity index (χ0v) is 12.6. The lowest BCUT2D eigenvalue weighted by atomic mass is 10.3. The Labute approximate surface area is 127 Å². The molecule has 2 amide bonds. The van der Waals surface area contributed by atoms with Gasteiger partial charge in [-0.1, -0.05) is 0 Å². The molecule has 1 aromatic carbocycles. The fourth-order valence-corrected chi connectivity index (χ4v) is 1.87. The van der Waals surface area contributed by atoms with E-state index in [0.717, 1.165) is 0 Å². The molecule has 116 valence electrons. The third-order valence-electron chi connectivity index (χ3n) is 2.86. The number of nitrogens with zero attached hydrogens (tertiary/aromatic N) is 2. The minimum atomic E-state index is -0.453. The summed E-state index contributed by atoms with van der Waals surface area (Å²) in [5.41, 5.74) is 2.21. The third kappa shape index (κ3) is 3.91.